The Kier molecular flexibility index (Phi) is 4.93. The zero-order chi connectivity index (χ0) is 22.3. The number of ether oxygens (including phenoxy) is 2. The highest BCUT2D eigenvalue weighted by Crippen LogP contribution is 2.38. The van der Waals surface area contributed by atoms with Crippen LogP contribution in [0.4, 0.5) is 9.93 Å². The number of carbonyl (C=O) groups excluding carboxylic acids is 3. The average Bonchev–Trinajstić information content (AvgIpc) is 3.30. The molecule has 2 aromatic carbocycles. The van der Waals surface area contributed by atoms with E-state index in [1.807, 2.05) is 31.2 Å². The summed E-state index contributed by atoms with van der Waals surface area (Å²) in [6.45, 7) is 2.37. The molecule has 3 aromatic rings. The molecule has 9 nitrogen and oxygen atoms in total. The number of benzene rings is 2. The number of fused-ring (bicyclic) bond motifs is 2. The van der Waals surface area contributed by atoms with Crippen molar-refractivity contribution >= 4 is 44.5 Å². The molecule has 0 aliphatic carbocycles. The zero-order valence-electron chi connectivity index (χ0n) is 17.2. The number of carbonyl (C=O) groups is 3. The van der Waals surface area contributed by atoms with Crippen molar-refractivity contribution in [3.8, 4) is 11.5 Å². The highest BCUT2D eigenvalue weighted by atomic mass is 32.1. The number of urea groups is 1. The van der Waals surface area contributed by atoms with Crippen LogP contribution in [0.25, 0.3) is 10.2 Å². The fourth-order valence-electron chi connectivity index (χ4n) is 3.95. The van der Waals surface area contributed by atoms with Crippen LogP contribution in [0, 0.1) is 0 Å². The van der Waals surface area contributed by atoms with Gasteiger partial charge >= 0.3 is 6.03 Å². The number of aromatic nitrogens is 1. The maximum absolute atomic E-state index is 13.2. The van der Waals surface area contributed by atoms with Crippen LogP contribution in [0.1, 0.15) is 18.9 Å². The van der Waals surface area contributed by atoms with Crippen LogP contribution >= 0.6 is 11.3 Å². The highest BCUT2D eigenvalue weighted by Gasteiger charge is 2.51. The van der Waals surface area contributed by atoms with E-state index in [0.29, 0.717) is 47.3 Å². The van der Waals surface area contributed by atoms with Gasteiger partial charge in [-0.3, -0.25) is 14.5 Å². The third-order valence-electron chi connectivity index (χ3n) is 5.57. The van der Waals surface area contributed by atoms with E-state index in [-0.39, 0.29) is 0 Å². The van der Waals surface area contributed by atoms with Gasteiger partial charge in [0.25, 0.3) is 5.91 Å². The summed E-state index contributed by atoms with van der Waals surface area (Å²) in [7, 11) is 0. The first kappa shape index (κ1) is 20.3. The molecule has 5 rings (SSSR count). The molecule has 32 heavy (non-hydrogen) atoms. The van der Waals surface area contributed by atoms with Crippen molar-refractivity contribution in [2.75, 3.05) is 25.1 Å². The second kappa shape index (κ2) is 7.79. The smallest absolute Gasteiger partial charge is 0.325 e. The molecule has 0 spiro atoms. The van der Waals surface area contributed by atoms with Gasteiger partial charge in [0, 0.05) is 12.1 Å². The maximum atomic E-state index is 13.2. The first-order valence-corrected chi connectivity index (χ1v) is 11.0. The van der Waals surface area contributed by atoms with E-state index in [1.165, 1.54) is 11.3 Å². The summed E-state index contributed by atoms with van der Waals surface area (Å²) in [4.78, 5) is 43.8. The maximum Gasteiger partial charge on any atom is 0.325 e. The SMILES string of the molecule is CCC1(c2ccccc2)NC(=O)N(CC(=O)Nc2nc3cc4c(cc3s2)OCCO4)C1=O. The summed E-state index contributed by atoms with van der Waals surface area (Å²) in [6.07, 6.45) is 0.367. The van der Waals surface area contributed by atoms with Gasteiger partial charge in [-0.05, 0) is 12.0 Å². The molecule has 1 unspecified atom stereocenters. The lowest BCUT2D eigenvalue weighted by Crippen LogP contribution is -2.44. The quantitative estimate of drug-likeness (QED) is 0.576. The minimum Gasteiger partial charge on any atom is -0.486 e. The van der Waals surface area contributed by atoms with Crippen molar-refractivity contribution < 1.29 is 23.9 Å². The van der Waals surface area contributed by atoms with Gasteiger partial charge in [0.1, 0.15) is 25.3 Å². The van der Waals surface area contributed by atoms with Crippen LogP contribution in [0.3, 0.4) is 0 Å². The van der Waals surface area contributed by atoms with Crippen molar-refractivity contribution in [2.45, 2.75) is 18.9 Å². The molecule has 0 bridgehead atoms. The van der Waals surface area contributed by atoms with E-state index < -0.39 is 29.9 Å². The Labute approximate surface area is 187 Å². The molecule has 0 saturated carbocycles. The summed E-state index contributed by atoms with van der Waals surface area (Å²) in [5, 5.41) is 5.82. The fourth-order valence-corrected chi connectivity index (χ4v) is 4.84. The zero-order valence-corrected chi connectivity index (χ0v) is 18.0. The Morgan fingerprint density at radius 1 is 1.19 bits per heavy atom. The molecule has 1 saturated heterocycles. The van der Waals surface area contributed by atoms with Crippen LogP contribution in [0.15, 0.2) is 42.5 Å². The van der Waals surface area contributed by atoms with E-state index in [2.05, 4.69) is 15.6 Å². The first-order valence-electron chi connectivity index (χ1n) is 10.2. The lowest BCUT2D eigenvalue weighted by atomic mass is 9.87. The standard InChI is InChI=1S/C22H20N4O5S/c1-2-22(13-6-4-3-5-7-13)19(28)26(21(29)25-22)12-18(27)24-20-23-14-10-15-16(11-17(14)32-20)31-9-8-30-15/h3-7,10-11H,2,8-9,12H2,1H3,(H,25,29)(H,23,24,27). The summed E-state index contributed by atoms with van der Waals surface area (Å²) >= 11 is 1.28. The normalized spacial score (nSPS) is 19.8. The van der Waals surface area contributed by atoms with Gasteiger partial charge in [0.2, 0.25) is 5.91 Å². The number of nitrogens with zero attached hydrogens (tertiary/aromatic N) is 2. The van der Waals surface area contributed by atoms with Crippen LogP contribution in [0.2, 0.25) is 0 Å². The molecule has 1 aromatic heterocycles. The number of thiazole rings is 1. The molecule has 3 heterocycles. The predicted octanol–water partition coefficient (Wildman–Crippen LogP) is 2.86. The minimum absolute atomic E-state index is 0.365. The monoisotopic (exact) mass is 452 g/mol. The topological polar surface area (TPSA) is 110 Å². The Morgan fingerprint density at radius 2 is 1.91 bits per heavy atom. The van der Waals surface area contributed by atoms with Crippen molar-refractivity contribution in [2.24, 2.45) is 0 Å². The van der Waals surface area contributed by atoms with Crippen molar-refractivity contribution in [1.82, 2.24) is 15.2 Å². The number of hydrogen-bond donors (Lipinski definition) is 2. The minimum atomic E-state index is -1.17. The van der Waals surface area contributed by atoms with Crippen molar-refractivity contribution in [1.29, 1.82) is 0 Å². The second-order valence-corrected chi connectivity index (χ2v) is 8.51. The van der Waals surface area contributed by atoms with E-state index >= 15 is 0 Å². The van der Waals surface area contributed by atoms with E-state index in [4.69, 9.17) is 9.47 Å². The Hall–Kier alpha value is -3.66. The molecule has 164 valence electrons. The van der Waals surface area contributed by atoms with Crippen molar-refractivity contribution in [3.05, 3.63) is 48.0 Å². The number of amides is 4. The first-order chi connectivity index (χ1) is 15.5. The van der Waals surface area contributed by atoms with Crippen molar-refractivity contribution in [3.63, 3.8) is 0 Å². The van der Waals surface area contributed by atoms with E-state index in [0.717, 1.165) is 9.60 Å². The molecule has 1 atom stereocenters. The molecule has 2 aliphatic rings. The Bertz CT molecular complexity index is 1180. The van der Waals surface area contributed by atoms with Crippen LogP contribution in [0.5, 0.6) is 11.5 Å². The van der Waals surface area contributed by atoms with Crippen LogP contribution in [-0.4, -0.2) is 47.5 Å². The number of imide groups is 1. The molecule has 2 N–H and O–H groups in total. The third-order valence-corrected chi connectivity index (χ3v) is 6.51. The van der Waals surface area contributed by atoms with Gasteiger partial charge in [-0.2, -0.15) is 0 Å². The number of rotatable bonds is 5. The number of hydrogen-bond acceptors (Lipinski definition) is 7. The lowest BCUT2D eigenvalue weighted by Gasteiger charge is -2.25. The van der Waals surface area contributed by atoms with E-state index in [1.54, 1.807) is 18.2 Å². The fraction of sp³-hybridized carbons (Fsp3) is 0.273. The van der Waals surface area contributed by atoms with Gasteiger partial charge in [0.15, 0.2) is 16.6 Å². The molecule has 0 radical (unpaired) electrons. The van der Waals surface area contributed by atoms with E-state index in [9.17, 15) is 14.4 Å². The largest absolute Gasteiger partial charge is 0.486 e. The van der Waals surface area contributed by atoms with Crippen LogP contribution in [-0.2, 0) is 15.1 Å². The van der Waals surface area contributed by atoms with Gasteiger partial charge in [0.05, 0.1) is 10.2 Å². The highest BCUT2D eigenvalue weighted by molar-refractivity contribution is 7.22. The lowest BCUT2D eigenvalue weighted by molar-refractivity contribution is -0.134. The third kappa shape index (κ3) is 3.32. The average molecular weight is 452 g/mol. The van der Waals surface area contributed by atoms with Gasteiger partial charge in [-0.25, -0.2) is 9.78 Å². The summed E-state index contributed by atoms with van der Waals surface area (Å²) in [5.74, 6) is 0.298. The molecule has 2 aliphatic heterocycles. The molecular weight excluding hydrogens is 432 g/mol. The molecule has 1 fully saturated rings. The molecular formula is C22H20N4O5S. The number of anilines is 1. The van der Waals surface area contributed by atoms with Gasteiger partial charge < -0.3 is 20.1 Å². The number of nitrogens with one attached hydrogen (secondary N) is 2. The summed E-state index contributed by atoms with van der Waals surface area (Å²) < 4.78 is 12.0. The summed E-state index contributed by atoms with van der Waals surface area (Å²) in [6, 6.07) is 12.0. The second-order valence-electron chi connectivity index (χ2n) is 7.48. The van der Waals surface area contributed by atoms with Crippen LogP contribution < -0.4 is 20.1 Å². The Morgan fingerprint density at radius 3 is 2.62 bits per heavy atom. The molecule has 4 amide bonds. The summed E-state index contributed by atoms with van der Waals surface area (Å²) in [5.41, 5.74) is 0.176. The molecule has 10 heteroatoms. The Balaban J connectivity index is 1.33. The van der Waals surface area contributed by atoms with Gasteiger partial charge in [-0.1, -0.05) is 48.6 Å². The van der Waals surface area contributed by atoms with Gasteiger partial charge in [-0.15, -0.1) is 0 Å². The predicted molar refractivity (Wildman–Crippen MR) is 118 cm³/mol.